The summed E-state index contributed by atoms with van der Waals surface area (Å²) in [6.07, 6.45) is 65.7. The van der Waals surface area contributed by atoms with Gasteiger partial charge in [0.05, 0.1) is 0 Å². The third-order valence-corrected chi connectivity index (χ3v) is 12.9. The molecule has 0 saturated heterocycles. The fraction of sp³-hybridized carbons (Fsp3) is 0.850. The third kappa shape index (κ3) is 52.6. The van der Waals surface area contributed by atoms with Gasteiger partial charge in [-0.25, -0.2) is 0 Å². The van der Waals surface area contributed by atoms with Gasteiger partial charge in [-0.1, -0.05) is 276 Å². The Balaban J connectivity index is 4.35. The van der Waals surface area contributed by atoms with E-state index in [1.165, 1.54) is 205 Å². The summed E-state index contributed by atoms with van der Waals surface area (Å²) in [6.45, 7) is 6.63. The minimum absolute atomic E-state index is 0.0827. The molecule has 0 amide bonds. The normalized spacial score (nSPS) is 12.2. The monoisotopic (exact) mass is 927 g/mol. The summed E-state index contributed by atoms with van der Waals surface area (Å²) < 4.78 is 16.8. The lowest BCUT2D eigenvalue weighted by Crippen LogP contribution is -2.30. The second-order valence-electron chi connectivity index (χ2n) is 19.6. The van der Waals surface area contributed by atoms with Crippen LogP contribution in [0.15, 0.2) is 36.5 Å². The molecule has 0 bridgehead atoms. The highest BCUT2D eigenvalue weighted by Gasteiger charge is 2.19. The molecule has 0 unspecified atom stereocenters. The zero-order valence-corrected chi connectivity index (χ0v) is 44.2. The molecule has 386 valence electrons. The van der Waals surface area contributed by atoms with Crippen LogP contribution in [0.25, 0.3) is 0 Å². The predicted molar refractivity (Wildman–Crippen MR) is 284 cm³/mol. The van der Waals surface area contributed by atoms with Crippen LogP contribution in [0.4, 0.5) is 0 Å². The van der Waals surface area contributed by atoms with E-state index >= 15 is 0 Å². The molecule has 0 aromatic rings. The van der Waals surface area contributed by atoms with E-state index in [1.807, 2.05) is 0 Å². The number of rotatable bonds is 53. The van der Waals surface area contributed by atoms with Gasteiger partial charge in [-0.3, -0.25) is 14.4 Å². The van der Waals surface area contributed by atoms with E-state index in [4.69, 9.17) is 14.2 Å². The Morgan fingerprint density at radius 3 is 0.909 bits per heavy atom. The molecule has 0 aliphatic rings. The van der Waals surface area contributed by atoms with E-state index in [-0.39, 0.29) is 31.1 Å². The second-order valence-corrected chi connectivity index (χ2v) is 19.6. The van der Waals surface area contributed by atoms with Crippen molar-refractivity contribution in [1.82, 2.24) is 0 Å². The van der Waals surface area contributed by atoms with Gasteiger partial charge in [0.25, 0.3) is 0 Å². The second kappa shape index (κ2) is 55.2. The van der Waals surface area contributed by atoms with Crippen LogP contribution < -0.4 is 0 Å². The van der Waals surface area contributed by atoms with E-state index in [2.05, 4.69) is 57.2 Å². The Hall–Kier alpha value is -2.37. The number of hydrogen-bond acceptors (Lipinski definition) is 6. The van der Waals surface area contributed by atoms with Crippen LogP contribution in [-0.4, -0.2) is 37.2 Å². The number of esters is 3. The van der Waals surface area contributed by atoms with Crippen molar-refractivity contribution in [1.29, 1.82) is 0 Å². The summed E-state index contributed by atoms with van der Waals surface area (Å²) in [4.78, 5) is 38.1. The smallest absolute Gasteiger partial charge is 0.306 e. The maximum absolute atomic E-state index is 12.8. The molecule has 0 aliphatic heterocycles. The molecular weight excluding hydrogens is 817 g/mol. The molecule has 6 nitrogen and oxygen atoms in total. The molecule has 0 rings (SSSR count). The summed E-state index contributed by atoms with van der Waals surface area (Å²) in [6, 6.07) is 0. The molecule has 0 N–H and O–H groups in total. The summed E-state index contributed by atoms with van der Waals surface area (Å²) in [5.41, 5.74) is 0. The van der Waals surface area contributed by atoms with Gasteiger partial charge in [0, 0.05) is 19.3 Å². The quantitative estimate of drug-likeness (QED) is 0.0262. The standard InChI is InChI=1S/C60H110O6/c1-4-7-10-13-16-19-22-25-27-29-30-32-34-36-39-41-44-47-50-53-59(62)65-56-57(66-60(63)54-51-48-45-42-37-24-21-18-15-12-9-6-3)55-64-58(61)52-49-46-43-40-38-35-33-31-28-26-23-20-17-14-11-8-5-2/h26,28,33,35,40,43,57H,4-25,27,29-32,34,36-39,41-42,44-56H2,1-3H3/b28-26-,35-33-,43-40-/t57-/m1/s1. The Labute approximate surface area is 410 Å². The molecule has 0 saturated carbocycles. The summed E-state index contributed by atoms with van der Waals surface area (Å²) in [5, 5.41) is 0. The van der Waals surface area contributed by atoms with Crippen molar-refractivity contribution in [3.05, 3.63) is 36.5 Å². The molecule has 1 atom stereocenters. The van der Waals surface area contributed by atoms with Crippen LogP contribution in [0.2, 0.25) is 0 Å². The van der Waals surface area contributed by atoms with Crippen LogP contribution >= 0.6 is 0 Å². The number of allylic oxidation sites excluding steroid dienone is 6. The van der Waals surface area contributed by atoms with Gasteiger partial charge >= 0.3 is 17.9 Å². The first-order valence-electron chi connectivity index (χ1n) is 29.0. The van der Waals surface area contributed by atoms with E-state index in [9.17, 15) is 14.4 Å². The zero-order valence-electron chi connectivity index (χ0n) is 44.2. The molecule has 6 heteroatoms. The van der Waals surface area contributed by atoms with Crippen molar-refractivity contribution in [2.75, 3.05) is 13.2 Å². The number of carbonyl (C=O) groups is 3. The first-order valence-corrected chi connectivity index (χ1v) is 29.0. The fourth-order valence-electron chi connectivity index (χ4n) is 8.52. The van der Waals surface area contributed by atoms with Gasteiger partial charge in [0.15, 0.2) is 6.10 Å². The van der Waals surface area contributed by atoms with Crippen LogP contribution in [-0.2, 0) is 28.6 Å². The third-order valence-electron chi connectivity index (χ3n) is 12.9. The Morgan fingerprint density at radius 1 is 0.303 bits per heavy atom. The molecule has 0 aromatic heterocycles. The van der Waals surface area contributed by atoms with E-state index < -0.39 is 6.10 Å². The minimum Gasteiger partial charge on any atom is -0.462 e. The Bertz CT molecular complexity index is 1110. The van der Waals surface area contributed by atoms with Crippen molar-refractivity contribution < 1.29 is 28.6 Å². The molecule has 0 heterocycles. The first kappa shape index (κ1) is 63.6. The number of ether oxygens (including phenoxy) is 3. The van der Waals surface area contributed by atoms with Crippen molar-refractivity contribution in [2.24, 2.45) is 0 Å². The minimum atomic E-state index is -0.787. The molecule has 66 heavy (non-hydrogen) atoms. The van der Waals surface area contributed by atoms with Gasteiger partial charge in [-0.05, 0) is 51.4 Å². The topological polar surface area (TPSA) is 78.9 Å². The molecule has 0 radical (unpaired) electrons. The van der Waals surface area contributed by atoms with Crippen molar-refractivity contribution in [3.63, 3.8) is 0 Å². The molecule has 0 fully saturated rings. The van der Waals surface area contributed by atoms with Crippen molar-refractivity contribution in [3.8, 4) is 0 Å². The van der Waals surface area contributed by atoms with Crippen molar-refractivity contribution >= 4 is 17.9 Å². The Kier molecular flexibility index (Phi) is 53.2. The molecular formula is C60H110O6. The van der Waals surface area contributed by atoms with Gasteiger partial charge in [-0.15, -0.1) is 0 Å². The van der Waals surface area contributed by atoms with Gasteiger partial charge in [0.1, 0.15) is 13.2 Å². The SMILES string of the molecule is CCCCCCCC/C=C\C/C=C\C/C=C\CCCC(=O)OC[C@H](COC(=O)CCCCCCCCCCCCCCCCCCCCC)OC(=O)CCCCCCCCCCCCCC. The fourth-order valence-corrected chi connectivity index (χ4v) is 8.52. The Morgan fingerprint density at radius 2 is 0.561 bits per heavy atom. The maximum Gasteiger partial charge on any atom is 0.306 e. The number of carbonyl (C=O) groups excluding carboxylic acids is 3. The zero-order chi connectivity index (χ0) is 47.9. The lowest BCUT2D eigenvalue weighted by molar-refractivity contribution is -0.167. The van der Waals surface area contributed by atoms with Crippen LogP contribution in [0.3, 0.4) is 0 Å². The number of hydrogen-bond donors (Lipinski definition) is 0. The summed E-state index contributed by atoms with van der Waals surface area (Å²) in [5.74, 6) is -0.920. The van der Waals surface area contributed by atoms with Crippen LogP contribution in [0.1, 0.15) is 310 Å². The van der Waals surface area contributed by atoms with Crippen molar-refractivity contribution in [2.45, 2.75) is 316 Å². The van der Waals surface area contributed by atoms with E-state index in [0.717, 1.165) is 57.8 Å². The molecule has 0 spiro atoms. The maximum atomic E-state index is 12.8. The summed E-state index contributed by atoms with van der Waals surface area (Å²) >= 11 is 0. The highest BCUT2D eigenvalue weighted by atomic mass is 16.6. The van der Waals surface area contributed by atoms with E-state index in [1.54, 1.807) is 0 Å². The highest BCUT2D eigenvalue weighted by Crippen LogP contribution is 2.17. The van der Waals surface area contributed by atoms with Gasteiger partial charge in [0.2, 0.25) is 0 Å². The molecule has 0 aromatic carbocycles. The van der Waals surface area contributed by atoms with E-state index in [0.29, 0.717) is 25.7 Å². The average Bonchev–Trinajstić information content (AvgIpc) is 3.31. The largest absolute Gasteiger partial charge is 0.462 e. The van der Waals surface area contributed by atoms with Crippen LogP contribution in [0.5, 0.6) is 0 Å². The summed E-state index contributed by atoms with van der Waals surface area (Å²) in [7, 11) is 0. The lowest BCUT2D eigenvalue weighted by atomic mass is 10.0. The van der Waals surface area contributed by atoms with Gasteiger partial charge in [-0.2, -0.15) is 0 Å². The van der Waals surface area contributed by atoms with Crippen LogP contribution in [0, 0.1) is 0 Å². The highest BCUT2D eigenvalue weighted by molar-refractivity contribution is 5.71. The first-order chi connectivity index (χ1) is 32.5. The lowest BCUT2D eigenvalue weighted by Gasteiger charge is -2.18. The predicted octanol–water partition coefficient (Wildman–Crippen LogP) is 19.3. The number of unbranched alkanes of at least 4 members (excludes halogenated alkanes) is 36. The molecule has 0 aliphatic carbocycles. The average molecular weight is 928 g/mol. The van der Waals surface area contributed by atoms with Gasteiger partial charge < -0.3 is 14.2 Å².